The summed E-state index contributed by atoms with van der Waals surface area (Å²) >= 11 is 0. The molecule has 12 nitrogen and oxygen atoms in total. The minimum atomic E-state index is -0.481. The predicted octanol–water partition coefficient (Wildman–Crippen LogP) is 4.10. The number of likely N-dealkylation sites (tertiary alicyclic amines) is 1. The fourth-order valence-electron chi connectivity index (χ4n) is 6.47. The summed E-state index contributed by atoms with van der Waals surface area (Å²) < 4.78 is 17.6. The van der Waals surface area contributed by atoms with Gasteiger partial charge in [0, 0.05) is 38.4 Å². The van der Waals surface area contributed by atoms with Gasteiger partial charge in [-0.1, -0.05) is 35.5 Å². The van der Waals surface area contributed by atoms with Crippen LogP contribution in [0.3, 0.4) is 0 Å². The van der Waals surface area contributed by atoms with Crippen LogP contribution in [0.1, 0.15) is 53.1 Å². The van der Waals surface area contributed by atoms with Crippen LogP contribution in [0.2, 0.25) is 0 Å². The summed E-state index contributed by atoms with van der Waals surface area (Å²) in [6.45, 7) is 6.36. The van der Waals surface area contributed by atoms with Crippen LogP contribution in [-0.2, 0) is 16.1 Å². The Morgan fingerprint density at radius 3 is 2.64 bits per heavy atom. The third kappa shape index (κ3) is 7.12. The van der Waals surface area contributed by atoms with Gasteiger partial charge in [0.25, 0.3) is 5.91 Å². The molecule has 0 radical (unpaired) electrons. The summed E-state index contributed by atoms with van der Waals surface area (Å²) in [5, 5.41) is 12.5. The molecule has 2 aromatic carbocycles. The Kier molecular flexibility index (Phi) is 9.04. The number of hydrogen-bond acceptors (Lipinski definition) is 8. The lowest BCUT2D eigenvalue weighted by Crippen LogP contribution is -2.54. The van der Waals surface area contributed by atoms with Gasteiger partial charge in [0.15, 0.2) is 5.76 Å². The number of fused-ring (bicyclic) bond motifs is 2. The van der Waals surface area contributed by atoms with Gasteiger partial charge < -0.3 is 34.8 Å². The number of nitrogens with one attached hydrogen (secondary N) is 3. The van der Waals surface area contributed by atoms with Gasteiger partial charge in [0.05, 0.1) is 24.1 Å². The standard InChI is InChI=1S/C33H40N6O6/c1-20-31(21(2)45-37-20)36-33(42)35-23-9-12-28-26(15-23)32(41)38(3)27-11-10-25(44-29(27)19-43-28)16-30(40)34-24-13-14-39(18-24)17-22-7-5-4-6-8-22/h4-9,12,15,24-25,27,29H,10-11,13-14,16-19H2,1-3H3,(H,34,40)(H2,35,36,42)/t24-,25-,27+,29+/m0/s1. The number of benzene rings is 2. The molecule has 4 heterocycles. The topological polar surface area (TPSA) is 138 Å². The number of anilines is 2. The first-order valence-electron chi connectivity index (χ1n) is 15.5. The monoisotopic (exact) mass is 616 g/mol. The van der Waals surface area contributed by atoms with Crippen molar-refractivity contribution in [2.45, 2.75) is 70.4 Å². The van der Waals surface area contributed by atoms with Gasteiger partial charge in [-0.15, -0.1) is 0 Å². The summed E-state index contributed by atoms with van der Waals surface area (Å²) in [4.78, 5) is 43.3. The number of carbonyl (C=O) groups excluding carboxylic acids is 3. The maximum absolute atomic E-state index is 13.6. The van der Waals surface area contributed by atoms with E-state index in [-0.39, 0.29) is 49.1 Å². The first-order valence-corrected chi connectivity index (χ1v) is 15.5. The molecule has 4 atom stereocenters. The van der Waals surface area contributed by atoms with E-state index < -0.39 is 6.03 Å². The molecule has 3 aliphatic heterocycles. The molecule has 0 aliphatic carbocycles. The second-order valence-corrected chi connectivity index (χ2v) is 12.1. The van der Waals surface area contributed by atoms with E-state index in [1.807, 2.05) is 18.2 Å². The van der Waals surface area contributed by atoms with Crippen molar-refractivity contribution < 1.29 is 28.4 Å². The number of rotatable bonds is 7. The van der Waals surface area contributed by atoms with Crippen molar-refractivity contribution >= 4 is 29.2 Å². The summed E-state index contributed by atoms with van der Waals surface area (Å²) in [6, 6.07) is 14.8. The fraction of sp³-hybridized carbons (Fsp3) is 0.455. The lowest BCUT2D eigenvalue weighted by Gasteiger charge is -2.42. The molecule has 2 saturated heterocycles. The van der Waals surface area contributed by atoms with Crippen LogP contribution in [0.25, 0.3) is 0 Å². The van der Waals surface area contributed by atoms with Crippen molar-refractivity contribution in [2.24, 2.45) is 0 Å². The third-order valence-corrected chi connectivity index (χ3v) is 8.84. The van der Waals surface area contributed by atoms with Crippen LogP contribution in [-0.4, -0.2) is 83.8 Å². The highest BCUT2D eigenvalue weighted by Crippen LogP contribution is 2.33. The van der Waals surface area contributed by atoms with Crippen LogP contribution < -0.4 is 20.7 Å². The Morgan fingerprint density at radius 2 is 1.87 bits per heavy atom. The van der Waals surface area contributed by atoms with Crippen molar-refractivity contribution in [3.63, 3.8) is 0 Å². The number of carbonyl (C=O) groups is 3. The van der Waals surface area contributed by atoms with E-state index in [0.29, 0.717) is 47.0 Å². The maximum atomic E-state index is 13.6. The SMILES string of the molecule is Cc1noc(C)c1NC(=O)Nc1ccc2c(c1)C(=O)N(C)[C@@H]1CC[C@@H](CC(=O)N[C@H]3CCN(Cc4ccccc4)C3)O[C@@H]1CO2. The summed E-state index contributed by atoms with van der Waals surface area (Å²) in [6.07, 6.45) is 1.94. The number of likely N-dealkylation sites (N-methyl/N-ethyl adjacent to an activating group) is 1. The summed E-state index contributed by atoms with van der Waals surface area (Å²) in [5.74, 6) is 0.671. The number of hydrogen-bond donors (Lipinski definition) is 3. The van der Waals surface area contributed by atoms with E-state index in [9.17, 15) is 14.4 Å². The third-order valence-electron chi connectivity index (χ3n) is 8.84. The van der Waals surface area contributed by atoms with Crippen molar-refractivity contribution in [1.29, 1.82) is 0 Å². The molecule has 0 spiro atoms. The zero-order chi connectivity index (χ0) is 31.5. The number of amides is 4. The summed E-state index contributed by atoms with van der Waals surface area (Å²) in [7, 11) is 1.76. The van der Waals surface area contributed by atoms with E-state index in [2.05, 4.69) is 38.1 Å². The van der Waals surface area contributed by atoms with E-state index in [0.717, 1.165) is 26.1 Å². The van der Waals surface area contributed by atoms with Gasteiger partial charge in [0.1, 0.15) is 29.8 Å². The van der Waals surface area contributed by atoms with Crippen molar-refractivity contribution in [1.82, 2.24) is 20.3 Å². The molecule has 0 saturated carbocycles. The highest BCUT2D eigenvalue weighted by atomic mass is 16.5. The van der Waals surface area contributed by atoms with Crippen LogP contribution in [0.4, 0.5) is 16.2 Å². The Labute approximate surface area is 262 Å². The molecule has 6 rings (SSSR count). The van der Waals surface area contributed by atoms with Gasteiger partial charge >= 0.3 is 6.03 Å². The summed E-state index contributed by atoms with van der Waals surface area (Å²) in [5.41, 5.74) is 3.14. The van der Waals surface area contributed by atoms with Crippen molar-refractivity contribution in [3.8, 4) is 5.75 Å². The minimum absolute atomic E-state index is 0.00929. The lowest BCUT2D eigenvalue weighted by molar-refractivity contribution is -0.134. The van der Waals surface area contributed by atoms with E-state index >= 15 is 0 Å². The maximum Gasteiger partial charge on any atom is 0.323 e. The molecule has 3 aliphatic rings. The highest BCUT2D eigenvalue weighted by Gasteiger charge is 2.39. The van der Waals surface area contributed by atoms with Crippen LogP contribution >= 0.6 is 0 Å². The first kappa shape index (κ1) is 30.6. The molecular weight excluding hydrogens is 576 g/mol. The fourth-order valence-corrected chi connectivity index (χ4v) is 6.47. The van der Waals surface area contributed by atoms with Crippen LogP contribution in [0.15, 0.2) is 53.1 Å². The number of ether oxygens (including phenoxy) is 2. The smallest absolute Gasteiger partial charge is 0.323 e. The second kappa shape index (κ2) is 13.3. The minimum Gasteiger partial charge on any atom is -0.490 e. The van der Waals surface area contributed by atoms with E-state index in [1.165, 1.54) is 5.56 Å². The molecule has 3 N–H and O–H groups in total. The van der Waals surface area contributed by atoms with E-state index in [1.54, 1.807) is 44.0 Å². The van der Waals surface area contributed by atoms with Gasteiger partial charge in [-0.3, -0.25) is 14.5 Å². The average Bonchev–Trinajstić information content (AvgIpc) is 3.60. The molecule has 238 valence electrons. The largest absolute Gasteiger partial charge is 0.490 e. The molecule has 4 amide bonds. The molecule has 0 bridgehead atoms. The van der Waals surface area contributed by atoms with Gasteiger partial charge in [-0.2, -0.15) is 0 Å². The normalized spacial score (nSPS) is 23.3. The number of urea groups is 1. The zero-order valence-corrected chi connectivity index (χ0v) is 25.9. The van der Waals surface area contributed by atoms with Gasteiger partial charge in [0.2, 0.25) is 5.91 Å². The second-order valence-electron chi connectivity index (χ2n) is 12.1. The Balaban J connectivity index is 1.02. The molecule has 12 heteroatoms. The van der Waals surface area contributed by atoms with Crippen LogP contribution in [0, 0.1) is 13.8 Å². The Bertz CT molecular complexity index is 1520. The first-order chi connectivity index (χ1) is 21.7. The average molecular weight is 617 g/mol. The van der Waals surface area contributed by atoms with E-state index in [4.69, 9.17) is 14.0 Å². The molecule has 1 aromatic heterocycles. The van der Waals surface area contributed by atoms with Crippen molar-refractivity contribution in [2.75, 3.05) is 37.4 Å². The highest BCUT2D eigenvalue weighted by molar-refractivity contribution is 6.03. The quantitative estimate of drug-likeness (QED) is 0.361. The molecule has 3 aromatic rings. The number of nitrogens with zero attached hydrogens (tertiary/aromatic N) is 3. The predicted molar refractivity (Wildman–Crippen MR) is 167 cm³/mol. The molecular formula is C33H40N6O6. The molecule has 45 heavy (non-hydrogen) atoms. The zero-order valence-electron chi connectivity index (χ0n) is 25.9. The van der Waals surface area contributed by atoms with Crippen molar-refractivity contribution in [3.05, 3.63) is 71.1 Å². The Morgan fingerprint density at radius 1 is 1.04 bits per heavy atom. The lowest BCUT2D eigenvalue weighted by atomic mass is 9.94. The van der Waals surface area contributed by atoms with Gasteiger partial charge in [-0.05, 0) is 56.9 Å². The number of aromatic nitrogens is 1. The van der Waals surface area contributed by atoms with Gasteiger partial charge in [-0.25, -0.2) is 4.79 Å². The molecule has 2 fully saturated rings. The Hall–Kier alpha value is -4.42. The van der Waals surface area contributed by atoms with Crippen LogP contribution in [0.5, 0.6) is 5.75 Å². The number of aryl methyl sites for hydroxylation is 2. The molecule has 0 unspecified atom stereocenters.